The number of hydrogen-bond donors (Lipinski definition) is 1. The normalized spacial score (nSPS) is 32.1. The summed E-state index contributed by atoms with van der Waals surface area (Å²) in [6.45, 7) is 2.25. The van der Waals surface area contributed by atoms with Crippen molar-refractivity contribution in [2.75, 3.05) is 13.1 Å². The third kappa shape index (κ3) is 0.956. The lowest BCUT2D eigenvalue weighted by Crippen LogP contribution is -2.46. The second-order valence-electron chi connectivity index (χ2n) is 3.89. The monoisotopic (exact) mass is 140 g/mol. The molecule has 0 radical (unpaired) electrons. The lowest BCUT2D eigenvalue weighted by molar-refractivity contribution is 0.0334. The van der Waals surface area contributed by atoms with Gasteiger partial charge >= 0.3 is 0 Å². The van der Waals surface area contributed by atoms with E-state index in [4.69, 9.17) is 5.84 Å². The third-order valence-electron chi connectivity index (χ3n) is 3.27. The molecule has 58 valence electrons. The Morgan fingerprint density at radius 3 is 2.00 bits per heavy atom. The fraction of sp³-hybridized carbons (Fsp3) is 1.00. The van der Waals surface area contributed by atoms with E-state index in [-0.39, 0.29) is 0 Å². The number of nitrogens with zero attached hydrogens (tertiary/aromatic N) is 1. The van der Waals surface area contributed by atoms with Gasteiger partial charge in [0, 0.05) is 13.1 Å². The molecule has 10 heavy (non-hydrogen) atoms. The average Bonchev–Trinajstić information content (AvgIpc) is 1.86. The standard InChI is InChI=1S/C8H16N2/c9-10-6-4-8(5-7-10)2-1-3-8/h1-7,9H2. The zero-order chi connectivity index (χ0) is 7.03. The minimum absolute atomic E-state index is 0.760. The van der Waals surface area contributed by atoms with Gasteiger partial charge < -0.3 is 0 Å². The third-order valence-corrected chi connectivity index (χ3v) is 3.27. The van der Waals surface area contributed by atoms with Crippen LogP contribution in [0.25, 0.3) is 0 Å². The van der Waals surface area contributed by atoms with E-state index in [1.807, 2.05) is 5.01 Å². The SMILES string of the molecule is NN1CCC2(CCC2)CC1. The van der Waals surface area contributed by atoms with Crippen LogP contribution in [0.4, 0.5) is 0 Å². The lowest BCUT2D eigenvalue weighted by atomic mass is 9.63. The Labute approximate surface area is 62.4 Å². The quantitative estimate of drug-likeness (QED) is 0.511. The molecule has 0 aromatic heterocycles. The highest BCUT2D eigenvalue weighted by Gasteiger charge is 2.38. The smallest absolute Gasteiger partial charge is 0.0133 e. The van der Waals surface area contributed by atoms with Crippen LogP contribution in [0.1, 0.15) is 32.1 Å². The van der Waals surface area contributed by atoms with Crippen LogP contribution in [0.2, 0.25) is 0 Å². The van der Waals surface area contributed by atoms with E-state index in [2.05, 4.69) is 0 Å². The van der Waals surface area contributed by atoms with Gasteiger partial charge in [-0.3, -0.25) is 5.84 Å². The van der Waals surface area contributed by atoms with Gasteiger partial charge in [0.2, 0.25) is 0 Å². The Morgan fingerprint density at radius 2 is 1.60 bits per heavy atom. The fourth-order valence-corrected chi connectivity index (χ4v) is 2.18. The highest BCUT2D eigenvalue weighted by molar-refractivity contribution is 4.91. The van der Waals surface area contributed by atoms with Gasteiger partial charge in [-0.25, -0.2) is 5.01 Å². The molecule has 0 amide bonds. The van der Waals surface area contributed by atoms with Crippen molar-refractivity contribution in [1.82, 2.24) is 5.01 Å². The molecule has 2 heteroatoms. The zero-order valence-corrected chi connectivity index (χ0v) is 6.47. The first-order chi connectivity index (χ1) is 4.81. The van der Waals surface area contributed by atoms with Gasteiger partial charge in [0.25, 0.3) is 0 Å². The molecule has 1 saturated carbocycles. The predicted octanol–water partition coefficient (Wildman–Crippen LogP) is 1.13. The first-order valence-corrected chi connectivity index (χ1v) is 4.30. The van der Waals surface area contributed by atoms with Gasteiger partial charge in [-0.1, -0.05) is 6.42 Å². The largest absolute Gasteiger partial charge is 0.269 e. The van der Waals surface area contributed by atoms with Crippen molar-refractivity contribution in [3.05, 3.63) is 0 Å². The Morgan fingerprint density at radius 1 is 1.00 bits per heavy atom. The molecule has 1 heterocycles. The van der Waals surface area contributed by atoms with Crippen molar-refractivity contribution in [2.24, 2.45) is 11.3 Å². The van der Waals surface area contributed by atoms with Gasteiger partial charge in [-0.2, -0.15) is 0 Å². The summed E-state index contributed by atoms with van der Waals surface area (Å²) in [5.41, 5.74) is 0.760. The summed E-state index contributed by atoms with van der Waals surface area (Å²) in [7, 11) is 0. The number of rotatable bonds is 0. The maximum Gasteiger partial charge on any atom is 0.0133 e. The molecule has 1 spiro atoms. The topological polar surface area (TPSA) is 29.3 Å². The van der Waals surface area contributed by atoms with E-state index < -0.39 is 0 Å². The minimum atomic E-state index is 0.760. The summed E-state index contributed by atoms with van der Waals surface area (Å²) in [5.74, 6) is 5.67. The summed E-state index contributed by atoms with van der Waals surface area (Å²) >= 11 is 0. The molecular weight excluding hydrogens is 124 g/mol. The lowest BCUT2D eigenvalue weighted by Gasteiger charge is -2.47. The molecule has 2 rings (SSSR count). The van der Waals surface area contributed by atoms with E-state index in [1.165, 1.54) is 32.1 Å². The predicted molar refractivity (Wildman–Crippen MR) is 41.3 cm³/mol. The molecule has 0 aromatic rings. The van der Waals surface area contributed by atoms with Crippen LogP contribution in [0.5, 0.6) is 0 Å². The van der Waals surface area contributed by atoms with Crippen LogP contribution < -0.4 is 5.84 Å². The Bertz CT molecular complexity index is 119. The maximum absolute atomic E-state index is 5.67. The second kappa shape index (κ2) is 2.21. The molecule has 2 nitrogen and oxygen atoms in total. The van der Waals surface area contributed by atoms with Crippen LogP contribution in [0.3, 0.4) is 0 Å². The zero-order valence-electron chi connectivity index (χ0n) is 6.47. The summed E-state index contributed by atoms with van der Waals surface area (Å²) in [5, 5.41) is 1.96. The minimum Gasteiger partial charge on any atom is -0.269 e. The molecular formula is C8H16N2. The van der Waals surface area contributed by atoms with Crippen molar-refractivity contribution >= 4 is 0 Å². The van der Waals surface area contributed by atoms with Gasteiger partial charge in [-0.05, 0) is 31.1 Å². The first kappa shape index (κ1) is 6.62. The first-order valence-electron chi connectivity index (χ1n) is 4.30. The van der Waals surface area contributed by atoms with Crippen LogP contribution >= 0.6 is 0 Å². The van der Waals surface area contributed by atoms with Crippen molar-refractivity contribution in [1.29, 1.82) is 0 Å². The van der Waals surface area contributed by atoms with E-state index >= 15 is 0 Å². The average molecular weight is 140 g/mol. The molecule has 0 atom stereocenters. The molecule has 2 N–H and O–H groups in total. The van der Waals surface area contributed by atoms with E-state index in [0.29, 0.717) is 0 Å². The van der Waals surface area contributed by atoms with Crippen molar-refractivity contribution < 1.29 is 0 Å². The van der Waals surface area contributed by atoms with Gasteiger partial charge in [0.1, 0.15) is 0 Å². The molecule has 1 saturated heterocycles. The van der Waals surface area contributed by atoms with Crippen LogP contribution in [0.15, 0.2) is 0 Å². The Kier molecular flexibility index (Phi) is 1.46. The molecule has 2 aliphatic rings. The van der Waals surface area contributed by atoms with Crippen molar-refractivity contribution in [3.63, 3.8) is 0 Å². The highest BCUT2D eigenvalue weighted by atomic mass is 15.4. The molecule has 2 fully saturated rings. The summed E-state index contributed by atoms with van der Waals surface area (Å²) in [6.07, 6.45) is 7.11. The van der Waals surface area contributed by atoms with Gasteiger partial charge in [0.15, 0.2) is 0 Å². The van der Waals surface area contributed by atoms with E-state index in [0.717, 1.165) is 18.5 Å². The Hall–Kier alpha value is -0.0800. The number of hydrazine groups is 1. The fourth-order valence-electron chi connectivity index (χ4n) is 2.18. The van der Waals surface area contributed by atoms with Crippen LogP contribution in [0, 0.1) is 5.41 Å². The molecule has 0 aromatic carbocycles. The number of piperidine rings is 1. The van der Waals surface area contributed by atoms with Crippen LogP contribution in [-0.2, 0) is 0 Å². The molecule has 0 bridgehead atoms. The van der Waals surface area contributed by atoms with Crippen molar-refractivity contribution in [3.8, 4) is 0 Å². The van der Waals surface area contributed by atoms with E-state index in [1.54, 1.807) is 0 Å². The number of hydrogen-bond acceptors (Lipinski definition) is 2. The molecule has 1 aliphatic carbocycles. The van der Waals surface area contributed by atoms with Crippen molar-refractivity contribution in [2.45, 2.75) is 32.1 Å². The second-order valence-corrected chi connectivity index (χ2v) is 3.89. The summed E-state index contributed by atoms with van der Waals surface area (Å²) < 4.78 is 0. The Balaban J connectivity index is 1.90. The number of nitrogens with two attached hydrogens (primary N) is 1. The van der Waals surface area contributed by atoms with E-state index in [9.17, 15) is 0 Å². The molecule has 1 aliphatic heterocycles. The van der Waals surface area contributed by atoms with Gasteiger partial charge in [-0.15, -0.1) is 0 Å². The molecule has 0 unspecified atom stereocenters. The maximum atomic E-state index is 5.67. The van der Waals surface area contributed by atoms with Gasteiger partial charge in [0.05, 0.1) is 0 Å². The van der Waals surface area contributed by atoms with Crippen LogP contribution in [-0.4, -0.2) is 18.1 Å². The summed E-state index contributed by atoms with van der Waals surface area (Å²) in [6, 6.07) is 0. The summed E-state index contributed by atoms with van der Waals surface area (Å²) in [4.78, 5) is 0. The highest BCUT2D eigenvalue weighted by Crippen LogP contribution is 2.48.